The molecule has 1 N–H and O–H groups in total. The molecular weight excluding hydrogens is 388 g/mol. The molecule has 22 heavy (non-hydrogen) atoms. The van der Waals surface area contributed by atoms with Gasteiger partial charge in [-0.3, -0.25) is 4.79 Å². The molecule has 1 aromatic heterocycles. The number of fused-ring (bicyclic) bond motifs is 1. The number of hydrogen-bond acceptors (Lipinski definition) is 4. The van der Waals surface area contributed by atoms with E-state index >= 15 is 0 Å². The summed E-state index contributed by atoms with van der Waals surface area (Å²) >= 11 is 24.9. The number of aromatic hydroxyl groups is 1. The third-order valence-corrected chi connectivity index (χ3v) is 5.46. The number of benzene rings is 1. The average molecular weight is 393 g/mol. The highest BCUT2D eigenvalue weighted by Crippen LogP contribution is 2.41. The predicted molar refractivity (Wildman–Crippen MR) is 93.0 cm³/mol. The first kappa shape index (κ1) is 15.8. The van der Waals surface area contributed by atoms with Gasteiger partial charge in [-0.1, -0.05) is 46.4 Å². The molecule has 0 spiro atoms. The van der Waals surface area contributed by atoms with E-state index in [0.717, 1.165) is 10.8 Å². The van der Waals surface area contributed by atoms with Gasteiger partial charge in [-0.2, -0.15) is 0 Å². The fraction of sp³-hybridized carbons (Fsp3) is 0. The largest absolute Gasteiger partial charge is 0.505 e. The van der Waals surface area contributed by atoms with Gasteiger partial charge in [0.25, 0.3) is 0 Å². The summed E-state index contributed by atoms with van der Waals surface area (Å²) in [6.45, 7) is 0. The van der Waals surface area contributed by atoms with Crippen molar-refractivity contribution in [1.29, 1.82) is 0 Å². The summed E-state index contributed by atoms with van der Waals surface area (Å²) in [5, 5.41) is 10.8. The summed E-state index contributed by atoms with van der Waals surface area (Å²) in [4.78, 5) is 16.6. The van der Waals surface area contributed by atoms with Gasteiger partial charge in [-0.05, 0) is 18.2 Å². The minimum Gasteiger partial charge on any atom is -0.505 e. The fourth-order valence-electron chi connectivity index (χ4n) is 1.90. The third-order valence-electron chi connectivity index (χ3n) is 2.91. The predicted octanol–water partition coefficient (Wildman–Crippen LogP) is 5.64. The van der Waals surface area contributed by atoms with Gasteiger partial charge in [0, 0.05) is 11.1 Å². The molecule has 3 aromatic rings. The van der Waals surface area contributed by atoms with Gasteiger partial charge >= 0.3 is 0 Å². The first-order valence-corrected chi connectivity index (χ1v) is 8.18. The molecule has 0 bridgehead atoms. The zero-order valence-corrected chi connectivity index (χ0v) is 14.4. The molecular formula is C14H5Cl4NO2S. The zero-order chi connectivity index (χ0) is 16.0. The summed E-state index contributed by atoms with van der Waals surface area (Å²) in [7, 11) is 0. The Balaban J connectivity index is 2.38. The van der Waals surface area contributed by atoms with E-state index in [4.69, 9.17) is 46.4 Å². The van der Waals surface area contributed by atoms with Crippen LogP contribution in [-0.4, -0.2) is 10.1 Å². The van der Waals surface area contributed by atoms with Gasteiger partial charge < -0.3 is 5.11 Å². The Kier molecular flexibility index (Phi) is 4.23. The van der Waals surface area contributed by atoms with Crippen LogP contribution in [0.1, 0.15) is 0 Å². The molecule has 0 aliphatic carbocycles. The van der Waals surface area contributed by atoms with Crippen LogP contribution in [0.15, 0.2) is 29.1 Å². The lowest BCUT2D eigenvalue weighted by molar-refractivity contribution is 0.478. The first-order valence-electron chi connectivity index (χ1n) is 5.85. The Morgan fingerprint density at radius 1 is 1.05 bits per heavy atom. The lowest BCUT2D eigenvalue weighted by Gasteiger charge is -1.97. The van der Waals surface area contributed by atoms with E-state index in [1.165, 1.54) is 11.3 Å². The summed E-state index contributed by atoms with van der Waals surface area (Å²) in [6, 6.07) is 6.27. The second-order valence-electron chi connectivity index (χ2n) is 4.34. The van der Waals surface area contributed by atoms with Crippen molar-refractivity contribution in [3.05, 3.63) is 54.6 Å². The van der Waals surface area contributed by atoms with Crippen molar-refractivity contribution in [2.45, 2.75) is 0 Å². The third kappa shape index (κ3) is 2.66. The zero-order valence-electron chi connectivity index (χ0n) is 10.5. The summed E-state index contributed by atoms with van der Waals surface area (Å²) < 4.78 is 0.818. The monoisotopic (exact) mass is 391 g/mol. The molecule has 0 radical (unpaired) electrons. The van der Waals surface area contributed by atoms with Crippen LogP contribution in [0.5, 0.6) is 5.75 Å². The summed E-state index contributed by atoms with van der Waals surface area (Å²) in [5.74, 6) is -0.450. The molecule has 0 saturated carbocycles. The molecule has 2 aromatic carbocycles. The molecule has 1 heterocycles. The van der Waals surface area contributed by atoms with E-state index in [9.17, 15) is 9.90 Å². The van der Waals surface area contributed by atoms with Crippen molar-refractivity contribution in [3.8, 4) is 16.3 Å². The van der Waals surface area contributed by atoms with E-state index in [2.05, 4.69) is 4.98 Å². The van der Waals surface area contributed by atoms with Crippen LogP contribution in [0.25, 0.3) is 20.8 Å². The molecule has 8 heteroatoms. The van der Waals surface area contributed by atoms with Crippen molar-refractivity contribution in [2.75, 3.05) is 0 Å². The van der Waals surface area contributed by atoms with Gasteiger partial charge in [0.2, 0.25) is 0 Å². The van der Waals surface area contributed by atoms with Crippen LogP contribution in [0.2, 0.25) is 20.1 Å². The van der Waals surface area contributed by atoms with E-state index in [-0.39, 0.29) is 20.6 Å². The Labute approximate surface area is 148 Å². The molecule has 0 saturated heterocycles. The lowest BCUT2D eigenvalue weighted by atomic mass is 10.2. The van der Waals surface area contributed by atoms with E-state index < -0.39 is 11.2 Å². The molecule has 3 nitrogen and oxygen atoms in total. The first-order chi connectivity index (χ1) is 10.4. The smallest absolute Gasteiger partial charge is 0.194 e. The van der Waals surface area contributed by atoms with Crippen LogP contribution in [0, 0.1) is 0 Å². The summed E-state index contributed by atoms with van der Waals surface area (Å²) in [6.07, 6.45) is 0. The maximum Gasteiger partial charge on any atom is 0.194 e. The second-order valence-corrected chi connectivity index (χ2v) is 6.97. The van der Waals surface area contributed by atoms with Crippen LogP contribution in [0.4, 0.5) is 0 Å². The topological polar surface area (TPSA) is 50.2 Å². The van der Waals surface area contributed by atoms with Crippen LogP contribution < -0.4 is 5.43 Å². The van der Waals surface area contributed by atoms with Crippen molar-refractivity contribution in [3.63, 3.8) is 0 Å². The molecule has 0 aliphatic heterocycles. The van der Waals surface area contributed by atoms with Crippen LogP contribution in [-0.2, 0) is 0 Å². The molecule has 112 valence electrons. The summed E-state index contributed by atoms with van der Waals surface area (Å²) in [5.41, 5.74) is 0.0451. The number of hydrogen-bond donors (Lipinski definition) is 1. The lowest BCUT2D eigenvalue weighted by Crippen LogP contribution is -1.99. The molecule has 0 atom stereocenters. The van der Waals surface area contributed by atoms with Crippen molar-refractivity contribution in [2.24, 2.45) is 0 Å². The Morgan fingerprint density at radius 2 is 1.77 bits per heavy atom. The van der Waals surface area contributed by atoms with Crippen molar-refractivity contribution < 1.29 is 5.11 Å². The average Bonchev–Trinajstić information content (AvgIpc) is 2.84. The quantitative estimate of drug-likeness (QED) is 0.582. The number of rotatable bonds is 1. The second kappa shape index (κ2) is 5.87. The molecule has 0 aliphatic rings. The Hall–Kier alpha value is -1.04. The standard InChI is InChI=1S/C14H5Cl4NO2S/c15-5-1-2-9-7(3-5)19-14(22-9)10-8(20)4-6(16)11(17)12(18)13(10)21/h1-4,21H. The van der Waals surface area contributed by atoms with Crippen molar-refractivity contribution >= 4 is 68.0 Å². The Morgan fingerprint density at radius 3 is 2.50 bits per heavy atom. The highest BCUT2D eigenvalue weighted by molar-refractivity contribution is 7.21. The van der Waals surface area contributed by atoms with Crippen LogP contribution in [0.3, 0.4) is 0 Å². The molecule has 0 amide bonds. The minimum atomic E-state index is -0.526. The van der Waals surface area contributed by atoms with E-state index in [1.54, 1.807) is 18.2 Å². The maximum absolute atomic E-state index is 12.3. The van der Waals surface area contributed by atoms with Gasteiger partial charge in [0.15, 0.2) is 5.43 Å². The number of thiazole rings is 1. The van der Waals surface area contributed by atoms with Crippen LogP contribution >= 0.6 is 57.7 Å². The van der Waals surface area contributed by atoms with E-state index in [0.29, 0.717) is 15.5 Å². The number of aromatic nitrogens is 1. The highest BCUT2D eigenvalue weighted by Gasteiger charge is 2.19. The maximum atomic E-state index is 12.3. The van der Waals surface area contributed by atoms with Gasteiger partial charge in [0.05, 0.1) is 20.3 Å². The Bertz CT molecular complexity index is 971. The van der Waals surface area contributed by atoms with Crippen molar-refractivity contribution in [1.82, 2.24) is 4.98 Å². The minimum absolute atomic E-state index is 0.0395. The molecule has 0 fully saturated rings. The highest BCUT2D eigenvalue weighted by atomic mass is 35.5. The van der Waals surface area contributed by atoms with Gasteiger partial charge in [0.1, 0.15) is 21.3 Å². The normalized spacial score (nSPS) is 11.1. The fourth-order valence-corrected chi connectivity index (χ4v) is 3.65. The van der Waals surface area contributed by atoms with E-state index in [1.807, 2.05) is 0 Å². The van der Waals surface area contributed by atoms with Gasteiger partial charge in [-0.25, -0.2) is 4.98 Å². The number of halogens is 4. The van der Waals surface area contributed by atoms with Gasteiger partial charge in [-0.15, -0.1) is 11.3 Å². The SMILES string of the molecule is O=c1cc(Cl)c(Cl)c(Cl)c(O)c1-c1nc2cc(Cl)ccc2s1. The molecule has 0 unspecified atom stereocenters. The molecule has 3 rings (SSSR count). The number of nitrogens with zero attached hydrogens (tertiary/aromatic N) is 1.